The summed E-state index contributed by atoms with van der Waals surface area (Å²) in [7, 11) is 3.59. The van der Waals surface area contributed by atoms with Crippen molar-refractivity contribution in [1.82, 2.24) is 20.1 Å². The minimum atomic E-state index is -0.0510. The van der Waals surface area contributed by atoms with Crippen LogP contribution in [0, 0.1) is 13.8 Å². The lowest BCUT2D eigenvalue weighted by Gasteiger charge is -2.20. The third kappa shape index (κ3) is 3.43. The third-order valence-electron chi connectivity index (χ3n) is 3.48. The van der Waals surface area contributed by atoms with Crippen LogP contribution in [-0.4, -0.2) is 35.5 Å². The van der Waals surface area contributed by atoms with Gasteiger partial charge in [-0.2, -0.15) is 5.10 Å². The van der Waals surface area contributed by atoms with Crippen molar-refractivity contribution in [3.63, 3.8) is 0 Å². The van der Waals surface area contributed by atoms with E-state index < -0.39 is 0 Å². The van der Waals surface area contributed by atoms with Crippen LogP contribution in [0.1, 0.15) is 28.7 Å². The van der Waals surface area contributed by atoms with Crippen molar-refractivity contribution in [1.29, 1.82) is 0 Å². The molecule has 0 bridgehead atoms. The summed E-state index contributed by atoms with van der Waals surface area (Å²) in [5, 5.41) is 8.30. The van der Waals surface area contributed by atoms with Crippen molar-refractivity contribution in [2.24, 2.45) is 0 Å². The lowest BCUT2D eigenvalue weighted by atomic mass is 10.0. The van der Waals surface area contributed by atoms with Gasteiger partial charge in [0.1, 0.15) is 0 Å². The van der Waals surface area contributed by atoms with Gasteiger partial charge in [-0.3, -0.25) is 9.67 Å². The molecule has 0 fully saturated rings. The molecule has 1 atom stereocenters. The van der Waals surface area contributed by atoms with E-state index in [0.29, 0.717) is 18.2 Å². The fourth-order valence-electron chi connectivity index (χ4n) is 2.46. The molecule has 0 amide bonds. The smallest absolute Gasteiger partial charge is 0.0837 e. The Morgan fingerprint density at radius 2 is 2.14 bits per heavy atom. The van der Waals surface area contributed by atoms with Crippen LogP contribution in [0.3, 0.4) is 0 Å². The number of rotatable bonds is 6. The maximum atomic E-state index is 6.35. The molecule has 0 saturated carbocycles. The van der Waals surface area contributed by atoms with E-state index in [0.717, 1.165) is 22.6 Å². The highest BCUT2D eigenvalue weighted by Crippen LogP contribution is 2.29. The van der Waals surface area contributed by atoms with Gasteiger partial charge in [0, 0.05) is 18.5 Å². The van der Waals surface area contributed by atoms with Crippen LogP contribution >= 0.6 is 11.6 Å². The molecule has 1 unspecified atom stereocenters. The van der Waals surface area contributed by atoms with Crippen molar-refractivity contribution < 1.29 is 4.74 Å². The van der Waals surface area contributed by atoms with Crippen LogP contribution < -0.4 is 5.32 Å². The van der Waals surface area contributed by atoms with Crippen LogP contribution in [0.5, 0.6) is 0 Å². The number of nitrogens with one attached hydrogen (secondary N) is 1. The highest BCUT2D eigenvalue weighted by atomic mass is 35.5. The van der Waals surface area contributed by atoms with Gasteiger partial charge in [-0.05, 0) is 32.5 Å². The average Bonchev–Trinajstić information content (AvgIpc) is 2.81. The Bertz CT molecular complexity index is 612. The van der Waals surface area contributed by atoms with E-state index in [1.54, 1.807) is 13.3 Å². The van der Waals surface area contributed by atoms with E-state index in [-0.39, 0.29) is 6.04 Å². The molecule has 114 valence electrons. The van der Waals surface area contributed by atoms with Gasteiger partial charge in [0.2, 0.25) is 0 Å². The molecule has 0 aliphatic carbocycles. The zero-order chi connectivity index (χ0) is 15.4. The minimum Gasteiger partial charge on any atom is -0.383 e. The summed E-state index contributed by atoms with van der Waals surface area (Å²) in [6, 6.07) is 4.05. The predicted molar refractivity (Wildman–Crippen MR) is 83.7 cm³/mol. The van der Waals surface area contributed by atoms with E-state index in [4.69, 9.17) is 16.3 Å². The van der Waals surface area contributed by atoms with Crippen LogP contribution in [0.25, 0.3) is 0 Å². The average molecular weight is 309 g/mol. The van der Waals surface area contributed by atoms with E-state index >= 15 is 0 Å². The van der Waals surface area contributed by atoms with Gasteiger partial charge in [0.25, 0.3) is 0 Å². The number of nitrogens with zero attached hydrogens (tertiary/aromatic N) is 3. The highest BCUT2D eigenvalue weighted by molar-refractivity contribution is 6.31. The first-order chi connectivity index (χ1) is 10.1. The highest BCUT2D eigenvalue weighted by Gasteiger charge is 2.22. The molecule has 2 heterocycles. The number of ether oxygens (including phenoxy) is 1. The van der Waals surface area contributed by atoms with Crippen LogP contribution in [-0.2, 0) is 11.3 Å². The summed E-state index contributed by atoms with van der Waals surface area (Å²) in [5.74, 6) is 0. The standard InChI is InChI=1S/C15H21ClN4O/c1-10-5-6-12(11(2)19-10)14(17-3)15-13(16)9-18-20(15)7-8-21-4/h5-6,9,14,17H,7-8H2,1-4H3. The second kappa shape index (κ2) is 7.02. The van der Waals surface area contributed by atoms with Crippen LogP contribution in [0.15, 0.2) is 18.3 Å². The molecule has 0 aromatic carbocycles. The molecule has 0 radical (unpaired) electrons. The summed E-state index contributed by atoms with van der Waals surface area (Å²) in [5.41, 5.74) is 4.03. The SMILES string of the molecule is CNC(c1ccc(C)nc1C)c1c(Cl)cnn1CCOC. The maximum Gasteiger partial charge on any atom is 0.0837 e. The topological polar surface area (TPSA) is 52.0 Å². The molecule has 0 spiro atoms. The molecule has 0 aliphatic rings. The number of aromatic nitrogens is 3. The molecule has 2 aromatic rings. The summed E-state index contributed by atoms with van der Waals surface area (Å²) >= 11 is 6.35. The summed E-state index contributed by atoms with van der Waals surface area (Å²) in [4.78, 5) is 4.54. The Morgan fingerprint density at radius 1 is 1.38 bits per heavy atom. The number of hydrogen-bond donors (Lipinski definition) is 1. The zero-order valence-corrected chi connectivity index (χ0v) is 13.6. The van der Waals surface area contributed by atoms with Crippen molar-refractivity contribution >= 4 is 11.6 Å². The Labute approximate surface area is 130 Å². The van der Waals surface area contributed by atoms with E-state index in [9.17, 15) is 0 Å². The van der Waals surface area contributed by atoms with Gasteiger partial charge < -0.3 is 10.1 Å². The molecular weight excluding hydrogens is 288 g/mol. The largest absolute Gasteiger partial charge is 0.383 e. The molecular formula is C15H21ClN4O. The van der Waals surface area contributed by atoms with Gasteiger partial charge in [-0.15, -0.1) is 0 Å². The van der Waals surface area contributed by atoms with Crippen LogP contribution in [0.2, 0.25) is 5.02 Å². The number of aryl methyl sites for hydroxylation is 2. The molecule has 0 aliphatic heterocycles. The lowest BCUT2D eigenvalue weighted by Crippen LogP contribution is -2.24. The minimum absolute atomic E-state index is 0.0510. The Morgan fingerprint density at radius 3 is 2.76 bits per heavy atom. The molecule has 21 heavy (non-hydrogen) atoms. The first-order valence-corrected chi connectivity index (χ1v) is 7.27. The normalized spacial score (nSPS) is 12.6. The fourth-order valence-corrected chi connectivity index (χ4v) is 2.71. The lowest BCUT2D eigenvalue weighted by molar-refractivity contribution is 0.182. The molecule has 2 rings (SSSR count). The Hall–Kier alpha value is -1.43. The van der Waals surface area contributed by atoms with Crippen molar-refractivity contribution in [2.45, 2.75) is 26.4 Å². The predicted octanol–water partition coefficient (Wildman–Crippen LogP) is 2.50. The van der Waals surface area contributed by atoms with Gasteiger partial charge >= 0.3 is 0 Å². The Balaban J connectivity index is 2.43. The molecule has 2 aromatic heterocycles. The van der Waals surface area contributed by atoms with E-state index in [1.807, 2.05) is 31.6 Å². The summed E-state index contributed by atoms with van der Waals surface area (Å²) in [6.07, 6.45) is 1.67. The number of pyridine rings is 1. The van der Waals surface area contributed by atoms with E-state index in [1.165, 1.54) is 0 Å². The third-order valence-corrected chi connectivity index (χ3v) is 3.77. The Kier molecular flexibility index (Phi) is 5.33. The molecule has 6 heteroatoms. The first kappa shape index (κ1) is 15.9. The van der Waals surface area contributed by atoms with Gasteiger partial charge in [-0.1, -0.05) is 17.7 Å². The summed E-state index contributed by atoms with van der Waals surface area (Å²) in [6.45, 7) is 5.25. The number of halogens is 1. The fraction of sp³-hybridized carbons (Fsp3) is 0.467. The first-order valence-electron chi connectivity index (χ1n) is 6.90. The molecule has 0 saturated heterocycles. The summed E-state index contributed by atoms with van der Waals surface area (Å²) < 4.78 is 7.01. The number of methoxy groups -OCH3 is 1. The second-order valence-corrected chi connectivity index (χ2v) is 5.35. The van der Waals surface area contributed by atoms with Gasteiger partial charge in [-0.25, -0.2) is 0 Å². The maximum absolute atomic E-state index is 6.35. The van der Waals surface area contributed by atoms with Gasteiger partial charge in [0.15, 0.2) is 0 Å². The van der Waals surface area contributed by atoms with Crippen molar-refractivity contribution in [2.75, 3.05) is 20.8 Å². The van der Waals surface area contributed by atoms with Crippen molar-refractivity contribution in [3.8, 4) is 0 Å². The van der Waals surface area contributed by atoms with Gasteiger partial charge in [0.05, 0.1) is 36.1 Å². The molecule has 5 nitrogen and oxygen atoms in total. The zero-order valence-electron chi connectivity index (χ0n) is 12.9. The number of hydrogen-bond acceptors (Lipinski definition) is 4. The van der Waals surface area contributed by atoms with Crippen molar-refractivity contribution in [3.05, 3.63) is 46.0 Å². The van der Waals surface area contributed by atoms with E-state index in [2.05, 4.69) is 21.5 Å². The van der Waals surface area contributed by atoms with Crippen LogP contribution in [0.4, 0.5) is 0 Å². The second-order valence-electron chi connectivity index (χ2n) is 4.94. The quantitative estimate of drug-likeness (QED) is 0.891. The monoisotopic (exact) mass is 308 g/mol. The molecule has 1 N–H and O–H groups in total.